The van der Waals surface area contributed by atoms with Crippen molar-refractivity contribution < 1.29 is 9.59 Å². The molecule has 1 rings (SSSR count). The van der Waals surface area contributed by atoms with Crippen LogP contribution in [0.2, 0.25) is 0 Å². The number of likely N-dealkylation sites (tertiary alicyclic amines) is 1. The number of nitrogens with two attached hydrogens (primary N) is 1. The predicted octanol–water partition coefficient (Wildman–Crippen LogP) is 3.21. The van der Waals surface area contributed by atoms with Crippen molar-refractivity contribution >= 4 is 12.2 Å². The molecule has 0 saturated carbocycles. The number of nitrogens with zero attached hydrogens (tertiary/aromatic N) is 1. The van der Waals surface area contributed by atoms with E-state index in [0.29, 0.717) is 12.3 Å². The number of hydrogen-bond donors (Lipinski definition) is 1. The molecule has 1 aliphatic heterocycles. The minimum Gasteiger partial charge on any atom is -0.399 e. The molecule has 1 aliphatic rings. The summed E-state index contributed by atoms with van der Waals surface area (Å²) in [5.74, 6) is 0.828. The Kier molecular flexibility index (Phi) is 10.8. The van der Waals surface area contributed by atoms with Crippen LogP contribution in [0.15, 0.2) is 36.1 Å². The molecule has 0 bridgehead atoms. The van der Waals surface area contributed by atoms with E-state index < -0.39 is 0 Å². The lowest BCUT2D eigenvalue weighted by molar-refractivity contribution is -0.130. The Bertz CT molecular complexity index is 417. The standard InChI is InChI=1S/C10H17NO2.C8H13N/c1-9(13)11-6-4-10(5-7-11)3-2-8-12;1-4-7(3)6-8(9)5-2/h8,10H,2-7H2,1H3;4-6H,1,9H2,2-3H3/b;7-6-,8-5+. The van der Waals surface area contributed by atoms with Crippen LogP contribution >= 0.6 is 0 Å². The van der Waals surface area contributed by atoms with Crippen LogP contribution in [0, 0.1) is 5.92 Å². The number of rotatable bonds is 5. The summed E-state index contributed by atoms with van der Waals surface area (Å²) in [4.78, 5) is 23.0. The predicted molar refractivity (Wildman–Crippen MR) is 92.2 cm³/mol. The van der Waals surface area contributed by atoms with Gasteiger partial charge in [-0.3, -0.25) is 4.79 Å². The largest absolute Gasteiger partial charge is 0.399 e. The van der Waals surface area contributed by atoms with E-state index in [4.69, 9.17) is 5.73 Å². The molecule has 2 N–H and O–H groups in total. The van der Waals surface area contributed by atoms with Gasteiger partial charge in [-0.05, 0) is 50.7 Å². The first-order chi connectivity index (χ1) is 10.4. The molecule has 1 heterocycles. The van der Waals surface area contributed by atoms with Gasteiger partial charge in [0.2, 0.25) is 5.91 Å². The van der Waals surface area contributed by atoms with Gasteiger partial charge in [0, 0.05) is 32.1 Å². The molecule has 0 radical (unpaired) electrons. The Morgan fingerprint density at radius 2 is 1.91 bits per heavy atom. The third-order valence-corrected chi connectivity index (χ3v) is 3.80. The molecule has 22 heavy (non-hydrogen) atoms. The van der Waals surface area contributed by atoms with Gasteiger partial charge < -0.3 is 15.4 Å². The lowest BCUT2D eigenvalue weighted by atomic mass is 9.92. The van der Waals surface area contributed by atoms with Crippen LogP contribution < -0.4 is 5.73 Å². The summed E-state index contributed by atoms with van der Waals surface area (Å²) >= 11 is 0. The molecule has 0 aromatic rings. The van der Waals surface area contributed by atoms with E-state index in [9.17, 15) is 9.59 Å². The summed E-state index contributed by atoms with van der Waals surface area (Å²) in [6, 6.07) is 0. The number of carbonyl (C=O) groups is 2. The molecule has 1 amide bonds. The molecule has 0 atom stereocenters. The first-order valence-electron chi connectivity index (χ1n) is 7.86. The SMILES string of the molecule is C=C/C(C)=C\C(N)=C/C.CC(=O)N1CCC(CCC=O)CC1. The van der Waals surface area contributed by atoms with Crippen molar-refractivity contribution in [3.8, 4) is 0 Å². The number of piperidine rings is 1. The molecule has 0 aliphatic carbocycles. The Morgan fingerprint density at radius 1 is 1.32 bits per heavy atom. The van der Waals surface area contributed by atoms with E-state index in [0.717, 1.165) is 49.9 Å². The minimum atomic E-state index is 0.175. The Balaban J connectivity index is 0.000000433. The average molecular weight is 306 g/mol. The zero-order valence-corrected chi connectivity index (χ0v) is 14.2. The van der Waals surface area contributed by atoms with Crippen LogP contribution in [-0.4, -0.2) is 30.2 Å². The lowest BCUT2D eigenvalue weighted by Crippen LogP contribution is -2.36. The zero-order valence-electron chi connectivity index (χ0n) is 14.2. The van der Waals surface area contributed by atoms with Crippen LogP contribution in [0.1, 0.15) is 46.5 Å². The molecule has 124 valence electrons. The van der Waals surface area contributed by atoms with Crippen molar-refractivity contribution in [1.29, 1.82) is 0 Å². The van der Waals surface area contributed by atoms with Gasteiger partial charge in [0.1, 0.15) is 6.29 Å². The van der Waals surface area contributed by atoms with Gasteiger partial charge in [0.25, 0.3) is 0 Å². The summed E-state index contributed by atoms with van der Waals surface area (Å²) in [7, 11) is 0. The van der Waals surface area contributed by atoms with Crippen molar-refractivity contribution in [1.82, 2.24) is 4.90 Å². The smallest absolute Gasteiger partial charge is 0.219 e. The van der Waals surface area contributed by atoms with Gasteiger partial charge in [-0.1, -0.05) is 18.7 Å². The van der Waals surface area contributed by atoms with E-state index >= 15 is 0 Å². The highest BCUT2D eigenvalue weighted by atomic mass is 16.2. The molecule has 0 spiro atoms. The molecule has 0 aromatic carbocycles. The number of aldehydes is 1. The third kappa shape index (κ3) is 9.16. The topological polar surface area (TPSA) is 63.4 Å². The van der Waals surface area contributed by atoms with E-state index in [1.54, 1.807) is 13.0 Å². The van der Waals surface area contributed by atoms with Crippen molar-refractivity contribution in [2.24, 2.45) is 11.7 Å². The number of hydrogen-bond acceptors (Lipinski definition) is 3. The maximum atomic E-state index is 11.0. The van der Waals surface area contributed by atoms with Gasteiger partial charge in [-0.15, -0.1) is 0 Å². The first kappa shape index (κ1) is 20.2. The third-order valence-electron chi connectivity index (χ3n) is 3.80. The molecular weight excluding hydrogens is 276 g/mol. The highest BCUT2D eigenvalue weighted by Crippen LogP contribution is 2.21. The van der Waals surface area contributed by atoms with Gasteiger partial charge in [-0.25, -0.2) is 0 Å². The van der Waals surface area contributed by atoms with Crippen LogP contribution in [-0.2, 0) is 9.59 Å². The molecule has 1 saturated heterocycles. The van der Waals surface area contributed by atoms with Crippen LogP contribution in [0.5, 0.6) is 0 Å². The van der Waals surface area contributed by atoms with Gasteiger partial charge >= 0.3 is 0 Å². The second-order valence-corrected chi connectivity index (χ2v) is 5.57. The normalized spacial score (nSPS) is 16.6. The zero-order chi connectivity index (χ0) is 17.0. The second-order valence-electron chi connectivity index (χ2n) is 5.57. The average Bonchev–Trinajstić information content (AvgIpc) is 2.53. The summed E-state index contributed by atoms with van der Waals surface area (Å²) in [5, 5.41) is 0. The highest BCUT2D eigenvalue weighted by Gasteiger charge is 2.19. The maximum absolute atomic E-state index is 11.0. The number of allylic oxidation sites excluding steroid dienone is 4. The van der Waals surface area contributed by atoms with Gasteiger partial charge in [-0.2, -0.15) is 0 Å². The Morgan fingerprint density at radius 3 is 2.32 bits per heavy atom. The Labute approximate surface area is 134 Å². The van der Waals surface area contributed by atoms with Crippen LogP contribution in [0.4, 0.5) is 0 Å². The quantitative estimate of drug-likeness (QED) is 0.626. The first-order valence-corrected chi connectivity index (χ1v) is 7.86. The molecule has 4 heteroatoms. The summed E-state index contributed by atoms with van der Waals surface area (Å²) in [6.45, 7) is 10.8. The Hall–Kier alpha value is -1.84. The van der Waals surface area contributed by atoms with Crippen molar-refractivity contribution in [3.63, 3.8) is 0 Å². The molecule has 4 nitrogen and oxygen atoms in total. The minimum absolute atomic E-state index is 0.175. The number of carbonyl (C=O) groups excluding carboxylic acids is 2. The van der Waals surface area contributed by atoms with Crippen molar-refractivity contribution in [2.75, 3.05) is 13.1 Å². The highest BCUT2D eigenvalue weighted by molar-refractivity contribution is 5.73. The van der Waals surface area contributed by atoms with Crippen molar-refractivity contribution in [3.05, 3.63) is 36.1 Å². The van der Waals surface area contributed by atoms with Crippen molar-refractivity contribution in [2.45, 2.75) is 46.5 Å². The van der Waals surface area contributed by atoms with Gasteiger partial charge in [0.05, 0.1) is 0 Å². The van der Waals surface area contributed by atoms with E-state index in [-0.39, 0.29) is 5.91 Å². The fraction of sp³-hybridized carbons (Fsp3) is 0.556. The number of amides is 1. The monoisotopic (exact) mass is 306 g/mol. The van der Waals surface area contributed by atoms with Gasteiger partial charge in [0.15, 0.2) is 0 Å². The fourth-order valence-electron chi connectivity index (χ4n) is 2.25. The molecule has 0 aromatic heterocycles. The fourth-order valence-corrected chi connectivity index (χ4v) is 2.25. The van der Waals surface area contributed by atoms with Crippen LogP contribution in [0.25, 0.3) is 0 Å². The summed E-state index contributed by atoms with van der Waals surface area (Å²) in [5.41, 5.74) is 7.36. The van der Waals surface area contributed by atoms with E-state index in [2.05, 4.69) is 6.58 Å². The van der Waals surface area contributed by atoms with E-state index in [1.165, 1.54) is 0 Å². The van der Waals surface area contributed by atoms with E-state index in [1.807, 2.05) is 30.9 Å². The lowest BCUT2D eigenvalue weighted by Gasteiger charge is -2.30. The molecular formula is C18H30N2O2. The maximum Gasteiger partial charge on any atom is 0.219 e. The summed E-state index contributed by atoms with van der Waals surface area (Å²) < 4.78 is 0. The summed E-state index contributed by atoms with van der Waals surface area (Å²) in [6.07, 6.45) is 10.3. The molecule has 1 fully saturated rings. The second kappa shape index (κ2) is 11.8. The van der Waals surface area contributed by atoms with Crippen LogP contribution in [0.3, 0.4) is 0 Å². The molecule has 0 unspecified atom stereocenters.